The molecule has 2 N–H and O–H groups in total. The van der Waals surface area contributed by atoms with Gasteiger partial charge in [0.15, 0.2) is 0 Å². The van der Waals surface area contributed by atoms with Crippen molar-refractivity contribution in [3.63, 3.8) is 0 Å². The molecule has 0 aliphatic heterocycles. The molecule has 4 heteroatoms. The lowest BCUT2D eigenvalue weighted by Gasteiger charge is -2.21. The van der Waals surface area contributed by atoms with Crippen LogP contribution in [-0.2, 0) is 15.0 Å². The number of benzene rings is 1. The Morgan fingerprint density at radius 3 is 1.67 bits per heavy atom. The summed E-state index contributed by atoms with van der Waals surface area (Å²) in [5.74, 6) is 0. The minimum absolute atomic E-state index is 0.276. The summed E-state index contributed by atoms with van der Waals surface area (Å²) in [5, 5.41) is 10.8. The topological polar surface area (TPSA) is 81.8 Å². The molecule has 0 aliphatic rings. The number of carbonyl (C=O) groups excluding carboxylic acids is 2. The fourth-order valence-corrected chi connectivity index (χ4v) is 1.66. The molecule has 0 unspecified atom stereocenters. The fraction of sp³-hybridized carbons (Fsp3) is 0.429. The summed E-state index contributed by atoms with van der Waals surface area (Å²) in [6.07, 6.45) is 1.50. The Labute approximate surface area is 108 Å². The highest BCUT2D eigenvalue weighted by Gasteiger charge is 2.15. The van der Waals surface area contributed by atoms with E-state index in [1.165, 1.54) is 16.7 Å². The molecular weight excluding hydrogens is 228 g/mol. The minimum Gasteiger partial charge on any atom is -0.222 e. The van der Waals surface area contributed by atoms with Crippen molar-refractivity contribution in [2.45, 2.75) is 40.0 Å². The Balaban J connectivity index is 0. The van der Waals surface area contributed by atoms with Gasteiger partial charge in [0.1, 0.15) is 0 Å². The highest BCUT2D eigenvalue weighted by atomic mass is 16.1. The minimum atomic E-state index is 0.276. The van der Waals surface area contributed by atoms with Gasteiger partial charge in [0.2, 0.25) is 12.2 Å². The van der Waals surface area contributed by atoms with E-state index in [1.54, 1.807) is 0 Å². The molecule has 0 atom stereocenters. The van der Waals surface area contributed by atoms with Crippen LogP contribution in [0.5, 0.6) is 0 Å². The summed E-state index contributed by atoms with van der Waals surface area (Å²) < 4.78 is 0. The number of isocyanates is 2. The first-order valence-corrected chi connectivity index (χ1v) is 5.40. The standard InChI is InChI=1S/C12H18.2CHNO/c1-9-6-7-11(10(2)8-9)12(3,4)5;2*2-1-3/h6-8H,1-5H3;2*2H. The van der Waals surface area contributed by atoms with E-state index in [0.29, 0.717) is 0 Å². The second-order valence-corrected chi connectivity index (χ2v) is 4.77. The van der Waals surface area contributed by atoms with E-state index in [4.69, 9.17) is 20.4 Å². The zero-order chi connectivity index (χ0) is 14.8. The predicted molar refractivity (Wildman–Crippen MR) is 71.4 cm³/mol. The number of hydrogen-bond acceptors (Lipinski definition) is 4. The molecule has 0 spiro atoms. The molecular formula is C14H20N2O2. The lowest BCUT2D eigenvalue weighted by molar-refractivity contribution is 0.562. The van der Waals surface area contributed by atoms with Crippen molar-refractivity contribution in [3.05, 3.63) is 34.9 Å². The molecule has 0 saturated heterocycles. The summed E-state index contributed by atoms with van der Waals surface area (Å²) in [7, 11) is 0. The Bertz CT molecular complexity index is 422. The van der Waals surface area contributed by atoms with Gasteiger partial charge < -0.3 is 0 Å². The molecule has 0 fully saturated rings. The zero-order valence-electron chi connectivity index (χ0n) is 11.5. The number of aryl methyl sites for hydroxylation is 2. The van der Waals surface area contributed by atoms with E-state index in [1.807, 2.05) is 0 Å². The molecule has 1 aromatic carbocycles. The maximum atomic E-state index is 8.35. The Kier molecular flexibility index (Phi) is 9.23. The number of hydrogen-bond donors (Lipinski definition) is 2. The van der Waals surface area contributed by atoms with Gasteiger partial charge in [-0.3, -0.25) is 0 Å². The van der Waals surface area contributed by atoms with Gasteiger partial charge in [0, 0.05) is 0 Å². The van der Waals surface area contributed by atoms with Gasteiger partial charge in [0.05, 0.1) is 0 Å². The fourth-order valence-electron chi connectivity index (χ4n) is 1.66. The van der Waals surface area contributed by atoms with Crippen LogP contribution < -0.4 is 0 Å². The maximum absolute atomic E-state index is 8.35. The van der Waals surface area contributed by atoms with Gasteiger partial charge in [-0.05, 0) is 30.4 Å². The lowest BCUT2D eigenvalue weighted by Crippen LogP contribution is -2.12. The molecule has 0 amide bonds. The largest absolute Gasteiger partial charge is 0.231 e. The van der Waals surface area contributed by atoms with Crippen LogP contribution in [0.1, 0.15) is 37.5 Å². The molecule has 98 valence electrons. The molecule has 0 bridgehead atoms. The first-order valence-electron chi connectivity index (χ1n) is 5.40. The summed E-state index contributed by atoms with van der Waals surface area (Å²) in [5.41, 5.74) is 4.48. The number of rotatable bonds is 0. The molecule has 0 aliphatic carbocycles. The average molecular weight is 248 g/mol. The van der Waals surface area contributed by atoms with E-state index in [2.05, 4.69) is 52.8 Å². The van der Waals surface area contributed by atoms with Crippen LogP contribution in [0.25, 0.3) is 0 Å². The van der Waals surface area contributed by atoms with Gasteiger partial charge in [-0.1, -0.05) is 44.5 Å². The maximum Gasteiger partial charge on any atom is 0.231 e. The summed E-state index contributed by atoms with van der Waals surface area (Å²) in [6.45, 7) is 11.1. The van der Waals surface area contributed by atoms with Gasteiger partial charge in [-0.2, -0.15) is 0 Å². The van der Waals surface area contributed by atoms with E-state index in [-0.39, 0.29) is 5.41 Å². The molecule has 1 rings (SSSR count). The second kappa shape index (κ2) is 9.06. The Morgan fingerprint density at radius 1 is 1.00 bits per heavy atom. The second-order valence-electron chi connectivity index (χ2n) is 4.77. The molecule has 0 heterocycles. The molecule has 0 saturated carbocycles. The van der Waals surface area contributed by atoms with Crippen molar-refractivity contribution >= 4 is 12.2 Å². The van der Waals surface area contributed by atoms with E-state index < -0.39 is 0 Å². The smallest absolute Gasteiger partial charge is 0.222 e. The third-order valence-corrected chi connectivity index (χ3v) is 2.19. The van der Waals surface area contributed by atoms with Crippen LogP contribution >= 0.6 is 0 Å². The van der Waals surface area contributed by atoms with Crippen molar-refractivity contribution < 1.29 is 9.59 Å². The van der Waals surface area contributed by atoms with Gasteiger partial charge >= 0.3 is 0 Å². The van der Waals surface area contributed by atoms with Crippen molar-refractivity contribution in [3.8, 4) is 0 Å². The van der Waals surface area contributed by atoms with Crippen LogP contribution in [0.15, 0.2) is 18.2 Å². The van der Waals surface area contributed by atoms with E-state index in [9.17, 15) is 0 Å². The summed E-state index contributed by atoms with van der Waals surface area (Å²) in [6, 6.07) is 6.68. The highest BCUT2D eigenvalue weighted by Crippen LogP contribution is 2.25. The van der Waals surface area contributed by atoms with Crippen LogP contribution in [-0.4, -0.2) is 12.2 Å². The number of nitrogens with one attached hydrogen (secondary N) is 2. The Morgan fingerprint density at radius 2 is 1.39 bits per heavy atom. The Hall–Kier alpha value is -2.02. The predicted octanol–water partition coefficient (Wildman–Crippen LogP) is 3.40. The normalized spacial score (nSPS) is 8.72. The monoisotopic (exact) mass is 248 g/mol. The molecule has 0 radical (unpaired) electrons. The van der Waals surface area contributed by atoms with E-state index >= 15 is 0 Å². The SMILES string of the molecule is Cc1ccc(C(C)(C)C)c(C)c1.N=C=O.N=C=O. The quantitative estimate of drug-likeness (QED) is 0.545. The van der Waals surface area contributed by atoms with Gasteiger partial charge in [0.25, 0.3) is 0 Å². The summed E-state index contributed by atoms with van der Waals surface area (Å²) >= 11 is 0. The highest BCUT2D eigenvalue weighted by molar-refractivity contribution is 5.34. The summed E-state index contributed by atoms with van der Waals surface area (Å²) in [4.78, 5) is 16.7. The van der Waals surface area contributed by atoms with Crippen LogP contribution in [0.2, 0.25) is 0 Å². The van der Waals surface area contributed by atoms with Crippen LogP contribution in [0.3, 0.4) is 0 Å². The zero-order valence-corrected chi connectivity index (χ0v) is 11.5. The third kappa shape index (κ3) is 8.17. The molecule has 4 nitrogen and oxygen atoms in total. The van der Waals surface area contributed by atoms with Crippen LogP contribution in [0.4, 0.5) is 0 Å². The molecule has 0 aromatic heterocycles. The van der Waals surface area contributed by atoms with Gasteiger partial charge in [-0.15, -0.1) is 0 Å². The first-order chi connectivity index (χ1) is 8.24. The lowest BCUT2D eigenvalue weighted by atomic mass is 9.84. The van der Waals surface area contributed by atoms with Crippen molar-refractivity contribution in [1.29, 1.82) is 10.8 Å². The molecule has 18 heavy (non-hydrogen) atoms. The molecule has 1 aromatic rings. The van der Waals surface area contributed by atoms with E-state index in [0.717, 1.165) is 12.2 Å². The third-order valence-electron chi connectivity index (χ3n) is 2.19. The van der Waals surface area contributed by atoms with Gasteiger partial charge in [-0.25, -0.2) is 20.4 Å². The average Bonchev–Trinajstić information content (AvgIpc) is 2.17. The first kappa shape index (κ1) is 18.3. The van der Waals surface area contributed by atoms with Crippen molar-refractivity contribution in [2.75, 3.05) is 0 Å². The van der Waals surface area contributed by atoms with Crippen molar-refractivity contribution in [1.82, 2.24) is 0 Å². The van der Waals surface area contributed by atoms with Crippen LogP contribution in [0, 0.1) is 24.7 Å². The van der Waals surface area contributed by atoms with Crippen molar-refractivity contribution in [2.24, 2.45) is 0 Å².